The molecule has 6 heteroatoms. The Balaban J connectivity index is 1.65. The van der Waals surface area contributed by atoms with E-state index in [0.29, 0.717) is 11.3 Å². The first-order valence-electron chi connectivity index (χ1n) is 7.97. The number of aryl methyl sites for hydroxylation is 1. The van der Waals surface area contributed by atoms with E-state index < -0.39 is 11.7 Å². The van der Waals surface area contributed by atoms with Crippen LogP contribution in [0, 0.1) is 6.92 Å². The molecule has 0 aliphatic carbocycles. The number of hydrogen-bond acceptors (Lipinski definition) is 3. The SMILES string of the molecule is Cc1cc(N2CCN(Cc3ccncc3)CC2)cc(C(F)(F)F)c1. The number of alkyl halides is 3. The van der Waals surface area contributed by atoms with E-state index in [0.717, 1.165) is 32.7 Å². The number of aromatic nitrogens is 1. The van der Waals surface area contributed by atoms with Gasteiger partial charge in [0.15, 0.2) is 0 Å². The third kappa shape index (κ3) is 4.06. The molecule has 0 bridgehead atoms. The van der Waals surface area contributed by atoms with Crippen molar-refractivity contribution >= 4 is 5.69 Å². The third-order valence-electron chi connectivity index (χ3n) is 4.28. The van der Waals surface area contributed by atoms with Gasteiger partial charge in [-0.2, -0.15) is 13.2 Å². The summed E-state index contributed by atoms with van der Waals surface area (Å²) in [5.74, 6) is 0. The maximum absolute atomic E-state index is 13.0. The summed E-state index contributed by atoms with van der Waals surface area (Å²) < 4.78 is 39.0. The lowest BCUT2D eigenvalue weighted by Crippen LogP contribution is -2.46. The third-order valence-corrected chi connectivity index (χ3v) is 4.28. The van der Waals surface area contributed by atoms with Crippen LogP contribution in [0.1, 0.15) is 16.7 Å². The van der Waals surface area contributed by atoms with Crippen LogP contribution in [-0.4, -0.2) is 36.1 Å². The van der Waals surface area contributed by atoms with E-state index in [1.54, 1.807) is 19.3 Å². The summed E-state index contributed by atoms with van der Waals surface area (Å²) in [7, 11) is 0. The standard InChI is InChI=1S/C18H20F3N3/c1-14-10-16(18(19,20)21)12-17(11-14)24-8-6-23(7-9-24)13-15-2-4-22-5-3-15/h2-5,10-12H,6-9,13H2,1H3. The minimum atomic E-state index is -4.30. The highest BCUT2D eigenvalue weighted by Gasteiger charge is 2.31. The van der Waals surface area contributed by atoms with Crippen molar-refractivity contribution in [3.05, 3.63) is 59.4 Å². The predicted octanol–water partition coefficient (Wildman–Crippen LogP) is 3.73. The van der Waals surface area contributed by atoms with Crippen molar-refractivity contribution in [3.63, 3.8) is 0 Å². The molecule has 24 heavy (non-hydrogen) atoms. The average Bonchev–Trinajstić information content (AvgIpc) is 2.55. The minimum Gasteiger partial charge on any atom is -0.369 e. The molecule has 3 nitrogen and oxygen atoms in total. The van der Waals surface area contributed by atoms with Gasteiger partial charge >= 0.3 is 6.18 Å². The number of piperazine rings is 1. The summed E-state index contributed by atoms with van der Waals surface area (Å²) in [6, 6.07) is 8.26. The molecule has 1 aliphatic heterocycles. The van der Waals surface area contributed by atoms with Crippen molar-refractivity contribution in [2.24, 2.45) is 0 Å². The molecule has 0 radical (unpaired) electrons. The van der Waals surface area contributed by atoms with Crippen molar-refractivity contribution in [2.75, 3.05) is 31.1 Å². The van der Waals surface area contributed by atoms with E-state index in [1.165, 1.54) is 17.7 Å². The topological polar surface area (TPSA) is 19.4 Å². The Morgan fingerprint density at radius 2 is 1.67 bits per heavy atom. The number of pyridine rings is 1. The molecule has 2 heterocycles. The van der Waals surface area contributed by atoms with E-state index in [2.05, 4.69) is 9.88 Å². The van der Waals surface area contributed by atoms with E-state index in [-0.39, 0.29) is 0 Å². The zero-order valence-electron chi connectivity index (χ0n) is 13.6. The zero-order valence-corrected chi connectivity index (χ0v) is 13.6. The highest BCUT2D eigenvalue weighted by atomic mass is 19.4. The Labute approximate surface area is 139 Å². The minimum absolute atomic E-state index is 0.572. The molecule has 1 saturated heterocycles. The van der Waals surface area contributed by atoms with Gasteiger partial charge < -0.3 is 4.90 Å². The summed E-state index contributed by atoms with van der Waals surface area (Å²) >= 11 is 0. The number of hydrogen-bond donors (Lipinski definition) is 0. The molecular weight excluding hydrogens is 315 g/mol. The number of benzene rings is 1. The lowest BCUT2D eigenvalue weighted by atomic mass is 10.1. The van der Waals surface area contributed by atoms with Crippen LogP contribution >= 0.6 is 0 Å². The molecule has 0 saturated carbocycles. The number of anilines is 1. The van der Waals surface area contributed by atoms with Crippen LogP contribution in [0.2, 0.25) is 0 Å². The maximum atomic E-state index is 13.0. The summed E-state index contributed by atoms with van der Waals surface area (Å²) in [4.78, 5) is 8.35. The second-order valence-corrected chi connectivity index (χ2v) is 6.17. The Morgan fingerprint density at radius 1 is 1.00 bits per heavy atom. The van der Waals surface area contributed by atoms with Gasteiger partial charge in [0.05, 0.1) is 5.56 Å². The number of nitrogens with zero attached hydrogens (tertiary/aromatic N) is 3. The average molecular weight is 335 g/mol. The first-order valence-corrected chi connectivity index (χ1v) is 7.97. The van der Waals surface area contributed by atoms with Crippen LogP contribution in [0.5, 0.6) is 0 Å². The molecule has 1 aliphatic rings. The Hall–Kier alpha value is -2.08. The summed E-state index contributed by atoms with van der Waals surface area (Å²) in [6.45, 7) is 5.67. The van der Waals surface area contributed by atoms with Crippen LogP contribution in [0.15, 0.2) is 42.7 Å². The lowest BCUT2D eigenvalue weighted by Gasteiger charge is -2.36. The van der Waals surface area contributed by atoms with Gasteiger partial charge in [0, 0.05) is 50.8 Å². The van der Waals surface area contributed by atoms with Gasteiger partial charge in [-0.3, -0.25) is 9.88 Å². The second kappa shape index (κ2) is 6.81. The van der Waals surface area contributed by atoms with Gasteiger partial charge in [0.1, 0.15) is 0 Å². The molecule has 0 N–H and O–H groups in total. The van der Waals surface area contributed by atoms with E-state index in [1.807, 2.05) is 23.1 Å². The molecule has 1 aromatic carbocycles. The zero-order chi connectivity index (χ0) is 17.2. The molecule has 128 valence electrons. The highest BCUT2D eigenvalue weighted by Crippen LogP contribution is 2.33. The molecule has 3 rings (SSSR count). The number of rotatable bonds is 3. The molecule has 0 amide bonds. The highest BCUT2D eigenvalue weighted by molar-refractivity contribution is 5.52. The van der Waals surface area contributed by atoms with Gasteiger partial charge in [0.2, 0.25) is 0 Å². The van der Waals surface area contributed by atoms with Gasteiger partial charge in [-0.1, -0.05) is 0 Å². The van der Waals surface area contributed by atoms with Crippen molar-refractivity contribution in [3.8, 4) is 0 Å². The lowest BCUT2D eigenvalue weighted by molar-refractivity contribution is -0.137. The summed E-state index contributed by atoms with van der Waals surface area (Å²) in [6.07, 6.45) is -0.752. The van der Waals surface area contributed by atoms with Crippen molar-refractivity contribution in [1.29, 1.82) is 0 Å². The summed E-state index contributed by atoms with van der Waals surface area (Å²) in [5.41, 5.74) is 1.93. The molecular formula is C18H20F3N3. The van der Waals surface area contributed by atoms with Crippen LogP contribution in [0.25, 0.3) is 0 Å². The molecule has 1 aromatic heterocycles. The van der Waals surface area contributed by atoms with Crippen molar-refractivity contribution < 1.29 is 13.2 Å². The fourth-order valence-corrected chi connectivity index (χ4v) is 3.02. The van der Waals surface area contributed by atoms with Crippen LogP contribution in [0.4, 0.5) is 18.9 Å². The van der Waals surface area contributed by atoms with Crippen LogP contribution < -0.4 is 4.90 Å². The van der Waals surface area contributed by atoms with E-state index >= 15 is 0 Å². The second-order valence-electron chi connectivity index (χ2n) is 6.17. The van der Waals surface area contributed by atoms with Gasteiger partial charge in [0.25, 0.3) is 0 Å². The molecule has 0 atom stereocenters. The fraction of sp³-hybridized carbons (Fsp3) is 0.389. The fourth-order valence-electron chi connectivity index (χ4n) is 3.02. The smallest absolute Gasteiger partial charge is 0.369 e. The van der Waals surface area contributed by atoms with Gasteiger partial charge in [-0.15, -0.1) is 0 Å². The van der Waals surface area contributed by atoms with Crippen LogP contribution in [-0.2, 0) is 12.7 Å². The van der Waals surface area contributed by atoms with Gasteiger partial charge in [-0.25, -0.2) is 0 Å². The number of halogens is 3. The van der Waals surface area contributed by atoms with Crippen molar-refractivity contribution in [2.45, 2.75) is 19.6 Å². The summed E-state index contributed by atoms with van der Waals surface area (Å²) in [5, 5.41) is 0. The molecule has 0 spiro atoms. The largest absolute Gasteiger partial charge is 0.416 e. The molecule has 2 aromatic rings. The Bertz CT molecular complexity index is 678. The molecule has 0 unspecified atom stereocenters. The first-order chi connectivity index (χ1) is 11.4. The Morgan fingerprint density at radius 3 is 2.29 bits per heavy atom. The van der Waals surface area contributed by atoms with Crippen LogP contribution in [0.3, 0.4) is 0 Å². The Kier molecular flexibility index (Phi) is 4.76. The first kappa shape index (κ1) is 16.8. The normalized spacial score (nSPS) is 16.4. The van der Waals surface area contributed by atoms with E-state index in [9.17, 15) is 13.2 Å². The molecule has 1 fully saturated rings. The maximum Gasteiger partial charge on any atom is 0.416 e. The predicted molar refractivity (Wildman–Crippen MR) is 87.9 cm³/mol. The van der Waals surface area contributed by atoms with Crippen molar-refractivity contribution in [1.82, 2.24) is 9.88 Å². The van der Waals surface area contributed by atoms with E-state index in [4.69, 9.17) is 0 Å². The van der Waals surface area contributed by atoms with Gasteiger partial charge in [-0.05, 0) is 48.4 Å². The quantitative estimate of drug-likeness (QED) is 0.852. The monoisotopic (exact) mass is 335 g/mol.